The zero-order valence-corrected chi connectivity index (χ0v) is 16.0. The van der Waals surface area contributed by atoms with Gasteiger partial charge in [0.15, 0.2) is 5.11 Å². The van der Waals surface area contributed by atoms with Gasteiger partial charge in [-0.3, -0.25) is 0 Å². The summed E-state index contributed by atoms with van der Waals surface area (Å²) in [7, 11) is 1.43. The van der Waals surface area contributed by atoms with Crippen molar-refractivity contribution in [3.8, 4) is 0 Å². The van der Waals surface area contributed by atoms with Gasteiger partial charge in [-0.15, -0.1) is 11.3 Å². The summed E-state index contributed by atoms with van der Waals surface area (Å²) in [6.45, 7) is 5.62. The molecule has 1 aliphatic heterocycles. The number of aryl methyl sites for hydroxylation is 1. The molecule has 1 aromatic rings. The first-order valence-electron chi connectivity index (χ1n) is 8.43. The van der Waals surface area contributed by atoms with Crippen molar-refractivity contribution in [3.63, 3.8) is 0 Å². The predicted molar refractivity (Wildman–Crippen MR) is 100 cm³/mol. The summed E-state index contributed by atoms with van der Waals surface area (Å²) in [6.07, 6.45) is 4.56. The number of hydrogen-bond donors (Lipinski definition) is 1. The molecule has 132 valence electrons. The summed E-state index contributed by atoms with van der Waals surface area (Å²) in [5.74, 6) is -0.275. The van der Waals surface area contributed by atoms with E-state index in [-0.39, 0.29) is 18.2 Å². The van der Waals surface area contributed by atoms with Crippen LogP contribution >= 0.6 is 23.6 Å². The van der Waals surface area contributed by atoms with E-state index < -0.39 is 0 Å². The first kappa shape index (κ1) is 17.6. The Morgan fingerprint density at radius 3 is 2.62 bits per heavy atom. The molecule has 1 aliphatic carbocycles. The molecule has 24 heavy (non-hydrogen) atoms. The highest BCUT2D eigenvalue weighted by molar-refractivity contribution is 7.80. The first-order chi connectivity index (χ1) is 11.5. The third-order valence-corrected chi connectivity index (χ3v) is 6.06. The molecule has 2 atom stereocenters. The van der Waals surface area contributed by atoms with Gasteiger partial charge in [0.25, 0.3) is 0 Å². The lowest BCUT2D eigenvalue weighted by Crippen LogP contribution is -2.49. The Kier molecular flexibility index (Phi) is 5.42. The molecule has 1 N–H and O–H groups in total. The summed E-state index contributed by atoms with van der Waals surface area (Å²) in [4.78, 5) is 15.7. The maximum Gasteiger partial charge on any atom is 0.341 e. The van der Waals surface area contributed by atoms with Crippen molar-refractivity contribution >= 4 is 39.6 Å². The molecule has 2 aliphatic rings. The van der Waals surface area contributed by atoms with Gasteiger partial charge in [-0.2, -0.15) is 0 Å². The Labute approximate surface area is 152 Å². The molecule has 0 radical (unpaired) electrons. The summed E-state index contributed by atoms with van der Waals surface area (Å²) >= 11 is 7.24. The third kappa shape index (κ3) is 3.58. The van der Waals surface area contributed by atoms with E-state index in [0.29, 0.717) is 10.7 Å². The molecule has 0 saturated carbocycles. The van der Waals surface area contributed by atoms with Crippen molar-refractivity contribution in [2.24, 2.45) is 0 Å². The van der Waals surface area contributed by atoms with Gasteiger partial charge in [0.1, 0.15) is 5.00 Å². The SMILES string of the molecule is COC(=O)c1c(NC(=S)N2C[C@@H](C)O[C@H](C)C2)sc2c1CCCC2. The monoisotopic (exact) mass is 368 g/mol. The van der Waals surface area contributed by atoms with Crippen molar-refractivity contribution < 1.29 is 14.3 Å². The molecule has 0 amide bonds. The molecule has 0 unspecified atom stereocenters. The van der Waals surface area contributed by atoms with Gasteiger partial charge in [0.05, 0.1) is 24.9 Å². The Balaban J connectivity index is 1.82. The van der Waals surface area contributed by atoms with Gasteiger partial charge in [0.2, 0.25) is 0 Å². The number of thiophene rings is 1. The normalized spacial score (nSPS) is 23.5. The van der Waals surface area contributed by atoms with E-state index >= 15 is 0 Å². The number of thiocarbonyl (C=S) groups is 1. The van der Waals surface area contributed by atoms with Gasteiger partial charge in [-0.25, -0.2) is 4.79 Å². The van der Waals surface area contributed by atoms with Crippen molar-refractivity contribution in [1.82, 2.24) is 4.90 Å². The maximum absolute atomic E-state index is 12.3. The highest BCUT2D eigenvalue weighted by Crippen LogP contribution is 2.38. The van der Waals surface area contributed by atoms with Crippen LogP contribution in [0.15, 0.2) is 0 Å². The minimum absolute atomic E-state index is 0.144. The van der Waals surface area contributed by atoms with Gasteiger partial charge < -0.3 is 19.7 Å². The Morgan fingerprint density at radius 1 is 1.29 bits per heavy atom. The van der Waals surface area contributed by atoms with Crippen LogP contribution in [0.3, 0.4) is 0 Å². The molecule has 1 saturated heterocycles. The minimum Gasteiger partial charge on any atom is -0.465 e. The maximum atomic E-state index is 12.3. The smallest absolute Gasteiger partial charge is 0.341 e. The van der Waals surface area contributed by atoms with Crippen molar-refractivity contribution in [1.29, 1.82) is 0 Å². The fourth-order valence-electron chi connectivity index (χ4n) is 3.49. The number of ether oxygens (including phenoxy) is 2. The van der Waals surface area contributed by atoms with Crippen LogP contribution in [0.5, 0.6) is 0 Å². The van der Waals surface area contributed by atoms with Gasteiger partial charge in [0, 0.05) is 18.0 Å². The minimum atomic E-state index is -0.275. The number of esters is 1. The quantitative estimate of drug-likeness (QED) is 0.639. The number of carbonyl (C=O) groups is 1. The second-order valence-electron chi connectivity index (χ2n) is 6.50. The number of morpholine rings is 1. The van der Waals surface area contributed by atoms with Crippen LogP contribution in [0.25, 0.3) is 0 Å². The number of nitrogens with zero attached hydrogens (tertiary/aromatic N) is 1. The fourth-order valence-corrected chi connectivity index (χ4v) is 5.08. The molecule has 1 aromatic heterocycles. The Hall–Kier alpha value is -1.18. The van der Waals surface area contributed by atoms with Crippen LogP contribution < -0.4 is 5.32 Å². The molecule has 7 heteroatoms. The zero-order chi connectivity index (χ0) is 17.3. The van der Waals surface area contributed by atoms with Crippen LogP contribution in [0.2, 0.25) is 0 Å². The number of anilines is 1. The summed E-state index contributed by atoms with van der Waals surface area (Å²) in [6, 6.07) is 0. The summed E-state index contributed by atoms with van der Waals surface area (Å²) in [5, 5.41) is 4.79. The lowest BCUT2D eigenvalue weighted by Gasteiger charge is -2.36. The van der Waals surface area contributed by atoms with Crippen molar-refractivity contribution in [2.45, 2.75) is 51.7 Å². The highest BCUT2D eigenvalue weighted by Gasteiger charge is 2.29. The van der Waals surface area contributed by atoms with Crippen molar-refractivity contribution in [2.75, 3.05) is 25.5 Å². The average Bonchev–Trinajstić information content (AvgIpc) is 2.91. The van der Waals surface area contributed by atoms with E-state index in [9.17, 15) is 4.79 Å². The molecule has 3 rings (SSSR count). The van der Waals surface area contributed by atoms with E-state index in [0.717, 1.165) is 42.9 Å². The third-order valence-electron chi connectivity index (χ3n) is 4.49. The largest absolute Gasteiger partial charge is 0.465 e. The van der Waals surface area contributed by atoms with Gasteiger partial charge in [-0.05, 0) is 57.3 Å². The number of rotatable bonds is 2. The number of methoxy groups -OCH3 is 1. The topological polar surface area (TPSA) is 50.8 Å². The van der Waals surface area contributed by atoms with Gasteiger partial charge in [-0.1, -0.05) is 0 Å². The molecule has 1 fully saturated rings. The molecule has 0 aromatic carbocycles. The molecule has 0 bridgehead atoms. The first-order valence-corrected chi connectivity index (χ1v) is 9.66. The summed E-state index contributed by atoms with van der Waals surface area (Å²) in [5.41, 5.74) is 1.82. The summed E-state index contributed by atoms with van der Waals surface area (Å²) < 4.78 is 10.8. The Morgan fingerprint density at radius 2 is 1.96 bits per heavy atom. The van der Waals surface area contributed by atoms with Crippen LogP contribution in [-0.4, -0.2) is 48.4 Å². The molecule has 5 nitrogen and oxygen atoms in total. The van der Waals surface area contributed by atoms with Crippen LogP contribution in [0.1, 0.15) is 47.5 Å². The van der Waals surface area contributed by atoms with E-state index in [4.69, 9.17) is 21.7 Å². The van der Waals surface area contributed by atoms with E-state index in [1.54, 1.807) is 11.3 Å². The van der Waals surface area contributed by atoms with E-state index in [2.05, 4.69) is 24.1 Å². The molecule has 0 spiro atoms. The Bertz CT molecular complexity index is 634. The second kappa shape index (κ2) is 7.37. The predicted octanol–water partition coefficient (Wildman–Crippen LogP) is 3.22. The molecule has 2 heterocycles. The fraction of sp³-hybridized carbons (Fsp3) is 0.647. The highest BCUT2D eigenvalue weighted by atomic mass is 32.1. The van der Waals surface area contributed by atoms with Gasteiger partial charge >= 0.3 is 5.97 Å². The van der Waals surface area contributed by atoms with E-state index in [1.165, 1.54) is 18.4 Å². The lowest BCUT2D eigenvalue weighted by atomic mass is 9.95. The average molecular weight is 369 g/mol. The number of hydrogen-bond acceptors (Lipinski definition) is 5. The lowest BCUT2D eigenvalue weighted by molar-refractivity contribution is -0.0473. The van der Waals surface area contributed by atoms with Crippen LogP contribution in [0.4, 0.5) is 5.00 Å². The molecular formula is C17H24N2O3S2. The van der Waals surface area contributed by atoms with Crippen molar-refractivity contribution in [3.05, 3.63) is 16.0 Å². The number of fused-ring (bicyclic) bond motifs is 1. The zero-order valence-electron chi connectivity index (χ0n) is 14.4. The second-order valence-corrected chi connectivity index (χ2v) is 7.99. The van der Waals surface area contributed by atoms with Crippen LogP contribution in [0, 0.1) is 0 Å². The number of nitrogens with one attached hydrogen (secondary N) is 1. The standard InChI is InChI=1S/C17H24N2O3S2/c1-10-8-19(9-11(2)22-10)17(23)18-15-14(16(20)21-3)12-6-4-5-7-13(12)24-15/h10-11H,4-9H2,1-3H3,(H,18,23)/t10-,11-/m1/s1. The van der Waals surface area contributed by atoms with E-state index in [1.807, 2.05) is 0 Å². The van der Waals surface area contributed by atoms with Crippen LogP contribution in [-0.2, 0) is 22.3 Å². The molecular weight excluding hydrogens is 344 g/mol. The number of carbonyl (C=O) groups excluding carboxylic acids is 1.